The number of amides is 4. The lowest BCUT2D eigenvalue weighted by atomic mass is 10.1. The van der Waals surface area contributed by atoms with E-state index in [9.17, 15) is 19.2 Å². The number of benzene rings is 1. The molecule has 39 heavy (non-hydrogen) atoms. The summed E-state index contributed by atoms with van der Waals surface area (Å²) in [6.07, 6.45) is 6.62. The van der Waals surface area contributed by atoms with E-state index < -0.39 is 24.3 Å². The maximum Gasteiger partial charge on any atom is 0.319 e. The molecule has 1 unspecified atom stereocenters. The molecule has 2 aromatic heterocycles. The fraction of sp³-hybridized carbons (Fsp3) is 0.286. The van der Waals surface area contributed by atoms with E-state index >= 15 is 0 Å². The molecule has 0 fully saturated rings. The first-order chi connectivity index (χ1) is 18.9. The van der Waals surface area contributed by atoms with E-state index in [1.165, 1.54) is 0 Å². The van der Waals surface area contributed by atoms with E-state index in [-0.39, 0.29) is 25.0 Å². The van der Waals surface area contributed by atoms with E-state index in [2.05, 4.69) is 25.9 Å². The highest BCUT2D eigenvalue weighted by molar-refractivity contribution is 6.06. The molecule has 1 aromatic carbocycles. The van der Waals surface area contributed by atoms with Crippen LogP contribution in [-0.2, 0) is 32.1 Å². The molecule has 0 bridgehead atoms. The lowest BCUT2D eigenvalue weighted by Crippen LogP contribution is -2.37. The summed E-state index contributed by atoms with van der Waals surface area (Å²) in [6, 6.07) is 11.4. The minimum Gasteiger partial charge on any atom is -0.466 e. The average molecular weight is 531 g/mol. The highest BCUT2D eigenvalue weighted by atomic mass is 16.5. The lowest BCUT2D eigenvalue weighted by molar-refractivity contribution is -0.143. The van der Waals surface area contributed by atoms with Crippen molar-refractivity contribution >= 4 is 35.2 Å². The van der Waals surface area contributed by atoms with Crippen LogP contribution in [0.1, 0.15) is 42.5 Å². The van der Waals surface area contributed by atoms with Crippen LogP contribution in [0.5, 0.6) is 0 Å². The molecule has 202 valence electrons. The van der Waals surface area contributed by atoms with Crippen LogP contribution in [-0.4, -0.2) is 46.9 Å². The van der Waals surface area contributed by atoms with Gasteiger partial charge in [-0.1, -0.05) is 12.1 Å². The predicted octanol–water partition coefficient (Wildman–Crippen LogP) is 2.89. The standard InChI is InChI=1S/C28H30N6O5/c1-2-39-27(37)15-23(21-4-3-10-30-18-21)33-25(35)16-26(36)34-13-9-20-5-6-22(14-24(20)34)32-28(38)31-17-19-7-11-29-12-8-19/h3-8,10-12,14,18,23H,2,9,13,15-17H2,1H3,(H,33,35)(H2,31,32,38). The second-order valence-electron chi connectivity index (χ2n) is 8.89. The summed E-state index contributed by atoms with van der Waals surface area (Å²) in [4.78, 5) is 60.0. The van der Waals surface area contributed by atoms with E-state index in [4.69, 9.17) is 4.74 Å². The Bertz CT molecular complexity index is 1320. The predicted molar refractivity (Wildman–Crippen MR) is 144 cm³/mol. The summed E-state index contributed by atoms with van der Waals surface area (Å²) in [5.41, 5.74) is 3.67. The number of fused-ring (bicyclic) bond motifs is 1. The van der Waals surface area contributed by atoms with Crippen molar-refractivity contribution in [1.82, 2.24) is 20.6 Å². The van der Waals surface area contributed by atoms with Gasteiger partial charge < -0.3 is 25.6 Å². The van der Waals surface area contributed by atoms with Gasteiger partial charge >= 0.3 is 12.0 Å². The number of aromatic nitrogens is 2. The van der Waals surface area contributed by atoms with Crippen molar-refractivity contribution in [3.63, 3.8) is 0 Å². The molecule has 3 heterocycles. The van der Waals surface area contributed by atoms with Crippen molar-refractivity contribution in [3.8, 4) is 0 Å². The maximum atomic E-state index is 13.1. The second kappa shape index (κ2) is 13.1. The van der Waals surface area contributed by atoms with E-state index in [1.807, 2.05) is 18.2 Å². The van der Waals surface area contributed by atoms with Gasteiger partial charge in [0.05, 0.1) is 19.1 Å². The molecule has 1 aliphatic rings. The Hall–Kier alpha value is -4.80. The molecule has 11 heteroatoms. The van der Waals surface area contributed by atoms with Gasteiger partial charge in [0.1, 0.15) is 6.42 Å². The summed E-state index contributed by atoms with van der Waals surface area (Å²) in [7, 11) is 0. The van der Waals surface area contributed by atoms with Crippen LogP contribution in [0.3, 0.4) is 0 Å². The lowest BCUT2D eigenvalue weighted by Gasteiger charge is -2.21. The van der Waals surface area contributed by atoms with Gasteiger partial charge in [-0.3, -0.25) is 24.4 Å². The molecule has 3 N–H and O–H groups in total. The number of nitrogens with one attached hydrogen (secondary N) is 3. The van der Waals surface area contributed by atoms with E-state index in [0.29, 0.717) is 36.4 Å². The molecular formula is C28H30N6O5. The monoisotopic (exact) mass is 530 g/mol. The highest BCUT2D eigenvalue weighted by Crippen LogP contribution is 2.31. The molecule has 0 saturated carbocycles. The zero-order chi connectivity index (χ0) is 27.6. The Labute approximate surface area is 226 Å². The third-order valence-electron chi connectivity index (χ3n) is 6.15. The van der Waals surface area contributed by atoms with Crippen LogP contribution in [0.25, 0.3) is 0 Å². The maximum absolute atomic E-state index is 13.1. The normalized spacial score (nSPS) is 12.7. The molecule has 0 aliphatic carbocycles. The fourth-order valence-electron chi connectivity index (χ4n) is 4.27. The van der Waals surface area contributed by atoms with Gasteiger partial charge in [-0.15, -0.1) is 0 Å². The largest absolute Gasteiger partial charge is 0.466 e. The second-order valence-corrected chi connectivity index (χ2v) is 8.89. The quantitative estimate of drug-likeness (QED) is 0.270. The molecule has 0 radical (unpaired) electrons. The molecule has 1 aliphatic heterocycles. The van der Waals surface area contributed by atoms with Gasteiger partial charge in [-0.25, -0.2) is 4.79 Å². The molecular weight excluding hydrogens is 500 g/mol. The highest BCUT2D eigenvalue weighted by Gasteiger charge is 2.28. The number of pyridine rings is 2. The molecule has 4 amide bonds. The Balaban J connectivity index is 1.36. The van der Waals surface area contributed by atoms with Crippen molar-refractivity contribution in [2.45, 2.75) is 38.8 Å². The summed E-state index contributed by atoms with van der Waals surface area (Å²) in [6.45, 7) is 2.70. The van der Waals surface area contributed by atoms with E-state index in [1.54, 1.807) is 60.9 Å². The number of nitrogens with zero attached hydrogens (tertiary/aromatic N) is 3. The number of ether oxygens (including phenoxy) is 1. The fourth-order valence-corrected chi connectivity index (χ4v) is 4.27. The molecule has 0 spiro atoms. The van der Waals surface area contributed by atoms with Crippen molar-refractivity contribution in [2.75, 3.05) is 23.4 Å². The summed E-state index contributed by atoms with van der Waals surface area (Å²) < 4.78 is 5.03. The van der Waals surface area contributed by atoms with Gasteiger partial charge in [0.25, 0.3) is 0 Å². The van der Waals surface area contributed by atoms with Crippen molar-refractivity contribution < 1.29 is 23.9 Å². The summed E-state index contributed by atoms with van der Waals surface area (Å²) in [5.74, 6) is -1.36. The van der Waals surface area contributed by atoms with Crippen LogP contribution in [0.2, 0.25) is 0 Å². The SMILES string of the molecule is CCOC(=O)CC(NC(=O)CC(=O)N1CCc2ccc(NC(=O)NCc3ccncc3)cc21)c1cccnc1. The van der Waals surface area contributed by atoms with Gasteiger partial charge in [0, 0.05) is 49.3 Å². The molecule has 3 aromatic rings. The number of hydrogen-bond acceptors (Lipinski definition) is 7. The van der Waals surface area contributed by atoms with E-state index in [0.717, 1.165) is 11.1 Å². The minimum absolute atomic E-state index is 0.0791. The summed E-state index contributed by atoms with van der Waals surface area (Å²) in [5, 5.41) is 8.33. The zero-order valence-electron chi connectivity index (χ0n) is 21.6. The number of hydrogen-bond donors (Lipinski definition) is 3. The number of carbonyl (C=O) groups excluding carboxylic acids is 4. The Kier molecular flexibility index (Phi) is 9.17. The third-order valence-corrected chi connectivity index (χ3v) is 6.15. The average Bonchev–Trinajstić information content (AvgIpc) is 3.36. The van der Waals surface area contributed by atoms with Gasteiger partial charge in [-0.05, 0) is 60.4 Å². The Morgan fingerprint density at radius 2 is 1.87 bits per heavy atom. The number of esters is 1. The molecule has 1 atom stereocenters. The summed E-state index contributed by atoms with van der Waals surface area (Å²) >= 11 is 0. The number of carbonyl (C=O) groups is 4. The molecule has 11 nitrogen and oxygen atoms in total. The Morgan fingerprint density at radius 3 is 2.62 bits per heavy atom. The first kappa shape index (κ1) is 27.2. The van der Waals surface area contributed by atoms with Crippen LogP contribution in [0.15, 0.2) is 67.3 Å². The first-order valence-corrected chi connectivity index (χ1v) is 12.6. The number of rotatable bonds is 10. The van der Waals surface area contributed by atoms with Gasteiger partial charge in [-0.2, -0.15) is 0 Å². The Morgan fingerprint density at radius 1 is 1.05 bits per heavy atom. The van der Waals surface area contributed by atoms with Gasteiger partial charge in [0.2, 0.25) is 11.8 Å². The van der Waals surface area contributed by atoms with Crippen LogP contribution in [0.4, 0.5) is 16.2 Å². The number of urea groups is 1. The minimum atomic E-state index is -0.676. The molecule has 4 rings (SSSR count). The topological polar surface area (TPSA) is 143 Å². The zero-order valence-corrected chi connectivity index (χ0v) is 21.6. The first-order valence-electron chi connectivity index (χ1n) is 12.6. The van der Waals surface area contributed by atoms with Crippen LogP contribution >= 0.6 is 0 Å². The number of anilines is 2. The van der Waals surface area contributed by atoms with Crippen LogP contribution < -0.4 is 20.9 Å². The van der Waals surface area contributed by atoms with Gasteiger partial charge in [0.15, 0.2) is 0 Å². The molecule has 0 saturated heterocycles. The van der Waals surface area contributed by atoms with Crippen LogP contribution in [0, 0.1) is 0 Å². The van der Waals surface area contributed by atoms with Crippen molar-refractivity contribution in [3.05, 3.63) is 83.9 Å². The van der Waals surface area contributed by atoms with Crippen molar-refractivity contribution in [1.29, 1.82) is 0 Å². The third kappa shape index (κ3) is 7.60. The smallest absolute Gasteiger partial charge is 0.319 e. The van der Waals surface area contributed by atoms with Crippen molar-refractivity contribution in [2.24, 2.45) is 0 Å².